The monoisotopic (exact) mass is 535 g/mol. The van der Waals surface area contributed by atoms with E-state index in [0.29, 0.717) is 55.5 Å². The number of carbonyl (C=O) groups excluding carboxylic acids is 1. The molecule has 12 heteroatoms. The molecule has 0 unspecified atom stereocenters. The molecule has 2 aliphatic heterocycles. The van der Waals surface area contributed by atoms with Crippen molar-refractivity contribution in [3.05, 3.63) is 66.4 Å². The van der Waals surface area contributed by atoms with Crippen LogP contribution in [0.5, 0.6) is 0 Å². The maximum absolute atomic E-state index is 15.1. The number of aromatic nitrogens is 3. The molecule has 4 aromatic rings. The number of morpholine rings is 1. The average Bonchev–Trinajstić information content (AvgIpc) is 3.55. The van der Waals surface area contributed by atoms with E-state index in [4.69, 9.17) is 15.5 Å². The second kappa shape index (κ2) is 9.95. The molecule has 0 saturated carbocycles. The topological polar surface area (TPSA) is 101 Å². The van der Waals surface area contributed by atoms with Crippen LogP contribution in [0, 0.1) is 11.6 Å². The number of hydrogen-bond acceptors (Lipinski definition) is 8. The lowest BCUT2D eigenvalue weighted by Crippen LogP contribution is -2.36. The number of nitrogens with two attached hydrogens (primary N) is 1. The first-order valence-electron chi connectivity index (χ1n) is 12.0. The van der Waals surface area contributed by atoms with E-state index in [-0.39, 0.29) is 24.2 Å². The maximum Gasteiger partial charge on any atom is 0.329 e. The van der Waals surface area contributed by atoms with E-state index in [1.54, 1.807) is 24.4 Å². The highest BCUT2D eigenvalue weighted by molar-refractivity contribution is 7.19. The van der Waals surface area contributed by atoms with Gasteiger partial charge in [0.15, 0.2) is 5.13 Å². The molecular weight excluding hydrogens is 512 g/mol. The van der Waals surface area contributed by atoms with Gasteiger partial charge >= 0.3 is 6.03 Å². The minimum absolute atomic E-state index is 0.123. The predicted molar refractivity (Wildman–Crippen MR) is 142 cm³/mol. The molecule has 2 fully saturated rings. The average molecular weight is 536 g/mol. The van der Waals surface area contributed by atoms with Gasteiger partial charge in [0.2, 0.25) is 5.95 Å². The van der Waals surface area contributed by atoms with Crippen molar-refractivity contribution in [2.24, 2.45) is 0 Å². The van der Waals surface area contributed by atoms with Crippen LogP contribution in [0.15, 0.2) is 54.7 Å². The first-order chi connectivity index (χ1) is 18.5. The lowest BCUT2D eigenvalue weighted by atomic mass is 10.1. The van der Waals surface area contributed by atoms with Crippen molar-refractivity contribution in [1.29, 1.82) is 0 Å². The van der Waals surface area contributed by atoms with Crippen LogP contribution < -0.4 is 20.4 Å². The molecule has 2 aromatic heterocycles. The molecule has 2 N–H and O–H groups in total. The number of nitrogens with zero attached hydrogens (tertiary/aromatic N) is 6. The van der Waals surface area contributed by atoms with Crippen LogP contribution in [0.2, 0.25) is 0 Å². The van der Waals surface area contributed by atoms with Gasteiger partial charge in [-0.25, -0.2) is 28.5 Å². The largest absolute Gasteiger partial charge is 0.378 e. The van der Waals surface area contributed by atoms with E-state index in [0.717, 1.165) is 10.0 Å². The molecule has 0 bridgehead atoms. The van der Waals surface area contributed by atoms with E-state index >= 15 is 4.39 Å². The second-order valence-electron chi connectivity index (χ2n) is 8.80. The van der Waals surface area contributed by atoms with Crippen LogP contribution in [-0.2, 0) is 4.74 Å². The van der Waals surface area contributed by atoms with Gasteiger partial charge in [0.25, 0.3) is 0 Å². The molecule has 0 aliphatic carbocycles. The van der Waals surface area contributed by atoms with Gasteiger partial charge < -0.3 is 15.4 Å². The molecule has 38 heavy (non-hydrogen) atoms. The zero-order valence-corrected chi connectivity index (χ0v) is 21.0. The van der Waals surface area contributed by atoms with Crippen LogP contribution in [0.1, 0.15) is 0 Å². The third-order valence-electron chi connectivity index (χ3n) is 6.46. The molecule has 2 aromatic carbocycles. The Labute approximate surface area is 221 Å². The maximum atomic E-state index is 15.1. The number of benzene rings is 2. The lowest BCUT2D eigenvalue weighted by Gasteiger charge is -2.26. The van der Waals surface area contributed by atoms with Crippen molar-refractivity contribution < 1.29 is 18.3 Å². The number of carbonyl (C=O) groups is 1. The van der Waals surface area contributed by atoms with Gasteiger partial charge in [-0.15, -0.1) is 0 Å². The van der Waals surface area contributed by atoms with Crippen LogP contribution >= 0.6 is 11.3 Å². The van der Waals surface area contributed by atoms with Crippen molar-refractivity contribution in [1.82, 2.24) is 15.0 Å². The Bertz CT molecular complexity index is 1490. The highest BCUT2D eigenvalue weighted by atomic mass is 32.1. The zero-order chi connectivity index (χ0) is 26.2. The Morgan fingerprint density at radius 2 is 1.68 bits per heavy atom. The normalized spacial score (nSPS) is 15.9. The summed E-state index contributed by atoms with van der Waals surface area (Å²) in [6.07, 6.45) is 1.57. The Morgan fingerprint density at radius 1 is 0.921 bits per heavy atom. The zero-order valence-electron chi connectivity index (χ0n) is 20.2. The fraction of sp³-hybridized carbons (Fsp3) is 0.231. The standard InChI is InChI=1S/C26H23F2N7O2S/c27-17-2-4-18(5-3-17)34-9-10-35(26(34)36)21-15-16(1-6-19(21)28)23-22(20-7-8-30-24(29)31-20)32-25(38-23)33-11-13-37-14-12-33/h1-8,15H,9-14H2,(H2,29,30,31). The van der Waals surface area contributed by atoms with Gasteiger partial charge in [0.05, 0.1) is 29.5 Å². The second-order valence-corrected chi connectivity index (χ2v) is 9.78. The summed E-state index contributed by atoms with van der Waals surface area (Å²) >= 11 is 1.46. The van der Waals surface area contributed by atoms with Gasteiger partial charge in [-0.1, -0.05) is 17.4 Å². The van der Waals surface area contributed by atoms with Crippen molar-refractivity contribution in [3.8, 4) is 21.8 Å². The SMILES string of the molecule is Nc1nccc(-c2nc(N3CCOCC3)sc2-c2ccc(F)c(N3CCN(c4ccc(F)cc4)C3=O)c2)n1. The van der Waals surface area contributed by atoms with E-state index in [9.17, 15) is 9.18 Å². The minimum atomic E-state index is -0.520. The van der Waals surface area contributed by atoms with Gasteiger partial charge in [-0.05, 0) is 48.0 Å². The van der Waals surface area contributed by atoms with Crippen molar-refractivity contribution >= 4 is 39.8 Å². The Kier molecular flexibility index (Phi) is 6.34. The summed E-state index contributed by atoms with van der Waals surface area (Å²) in [4.78, 5) is 32.3. The smallest absolute Gasteiger partial charge is 0.329 e. The van der Waals surface area contributed by atoms with Gasteiger partial charge in [-0.2, -0.15) is 0 Å². The summed E-state index contributed by atoms with van der Waals surface area (Å²) in [5, 5.41) is 0.793. The molecule has 0 spiro atoms. The van der Waals surface area contributed by atoms with Crippen LogP contribution in [0.3, 0.4) is 0 Å². The summed E-state index contributed by atoms with van der Waals surface area (Å²) in [6, 6.07) is 11.7. The molecule has 4 heterocycles. The highest BCUT2D eigenvalue weighted by Gasteiger charge is 2.33. The Morgan fingerprint density at radius 3 is 2.45 bits per heavy atom. The predicted octanol–water partition coefficient (Wildman–Crippen LogP) is 4.41. The number of anilines is 4. The molecule has 6 rings (SSSR count). The number of amides is 2. The van der Waals surface area contributed by atoms with E-state index in [2.05, 4.69) is 14.9 Å². The highest BCUT2D eigenvalue weighted by Crippen LogP contribution is 2.42. The van der Waals surface area contributed by atoms with E-state index in [1.165, 1.54) is 51.5 Å². The first kappa shape index (κ1) is 24.2. The number of rotatable bonds is 5. The van der Waals surface area contributed by atoms with Gasteiger partial charge in [0.1, 0.15) is 17.3 Å². The molecule has 0 radical (unpaired) electrons. The Hall–Kier alpha value is -4.16. The van der Waals surface area contributed by atoms with Crippen molar-refractivity contribution in [2.75, 3.05) is 59.8 Å². The Balaban J connectivity index is 1.38. The van der Waals surface area contributed by atoms with Crippen molar-refractivity contribution in [3.63, 3.8) is 0 Å². The van der Waals surface area contributed by atoms with E-state index in [1.807, 2.05) is 0 Å². The summed E-state index contributed by atoms with van der Waals surface area (Å²) in [5.41, 5.74) is 8.41. The third-order valence-corrected chi connectivity index (χ3v) is 7.63. The fourth-order valence-corrected chi connectivity index (χ4v) is 5.68. The molecule has 2 saturated heterocycles. The number of ether oxygens (including phenoxy) is 1. The summed E-state index contributed by atoms with van der Waals surface area (Å²) in [6.45, 7) is 3.25. The number of halogens is 2. The summed E-state index contributed by atoms with van der Waals surface area (Å²) < 4.78 is 34.0. The number of thiazole rings is 1. The molecular formula is C26H23F2N7O2S. The molecule has 194 valence electrons. The van der Waals surface area contributed by atoms with Crippen LogP contribution in [-0.4, -0.2) is 60.4 Å². The summed E-state index contributed by atoms with van der Waals surface area (Å²) in [7, 11) is 0. The lowest BCUT2D eigenvalue weighted by molar-refractivity contribution is 0.122. The molecule has 2 amide bonds. The molecule has 2 aliphatic rings. The number of nitrogen functional groups attached to an aromatic ring is 1. The summed E-state index contributed by atoms with van der Waals surface area (Å²) in [5.74, 6) is -0.787. The van der Waals surface area contributed by atoms with E-state index < -0.39 is 11.6 Å². The molecule has 9 nitrogen and oxygen atoms in total. The number of urea groups is 1. The third kappa shape index (κ3) is 4.52. The minimum Gasteiger partial charge on any atom is -0.378 e. The number of hydrogen-bond donors (Lipinski definition) is 1. The van der Waals surface area contributed by atoms with Crippen molar-refractivity contribution in [2.45, 2.75) is 0 Å². The van der Waals surface area contributed by atoms with Gasteiger partial charge in [-0.3, -0.25) is 9.80 Å². The first-order valence-corrected chi connectivity index (χ1v) is 12.9. The van der Waals surface area contributed by atoms with Crippen LogP contribution in [0.25, 0.3) is 21.8 Å². The fourth-order valence-electron chi connectivity index (χ4n) is 4.56. The quantitative estimate of drug-likeness (QED) is 0.404. The van der Waals surface area contributed by atoms with Crippen LogP contribution in [0.4, 0.5) is 36.0 Å². The molecule has 0 atom stereocenters. The van der Waals surface area contributed by atoms with Gasteiger partial charge in [0, 0.05) is 38.1 Å².